The van der Waals surface area contributed by atoms with Gasteiger partial charge in [0.05, 0.1) is 13.7 Å². The Labute approximate surface area is 116 Å². The molecule has 1 rings (SSSR count). The standard InChI is InChI=1S/C12H12F5NO3/c1-12(18,11(19)20-2)3-4-21-10-8(16)6(14)5(13)7(15)9(10)17/h3-4,18H2,1-2H3. The molecule has 0 heterocycles. The van der Waals surface area contributed by atoms with E-state index in [-0.39, 0.29) is 6.42 Å². The van der Waals surface area contributed by atoms with E-state index < -0.39 is 53.0 Å². The van der Waals surface area contributed by atoms with Crippen LogP contribution in [0.2, 0.25) is 0 Å². The maximum Gasteiger partial charge on any atom is 0.325 e. The first-order chi connectivity index (χ1) is 9.63. The van der Waals surface area contributed by atoms with Crippen molar-refractivity contribution in [1.29, 1.82) is 0 Å². The third-order valence-electron chi connectivity index (χ3n) is 2.69. The quantitative estimate of drug-likeness (QED) is 0.391. The number of nitrogens with two attached hydrogens (primary N) is 1. The van der Waals surface area contributed by atoms with E-state index in [1.807, 2.05) is 0 Å². The Morgan fingerprint density at radius 1 is 1.05 bits per heavy atom. The van der Waals surface area contributed by atoms with Crippen LogP contribution >= 0.6 is 0 Å². The van der Waals surface area contributed by atoms with Crippen LogP contribution in [-0.2, 0) is 9.53 Å². The Morgan fingerprint density at radius 3 is 1.90 bits per heavy atom. The van der Waals surface area contributed by atoms with Gasteiger partial charge in [0.25, 0.3) is 0 Å². The monoisotopic (exact) mass is 313 g/mol. The largest absolute Gasteiger partial charge is 0.487 e. The summed E-state index contributed by atoms with van der Waals surface area (Å²) in [5.41, 5.74) is 4.02. The van der Waals surface area contributed by atoms with E-state index >= 15 is 0 Å². The molecule has 1 unspecified atom stereocenters. The third kappa shape index (κ3) is 3.41. The van der Waals surface area contributed by atoms with Crippen LogP contribution in [-0.4, -0.2) is 25.2 Å². The number of carbonyl (C=O) groups excluding carboxylic acids is 1. The van der Waals surface area contributed by atoms with Gasteiger partial charge in [-0.3, -0.25) is 4.79 Å². The zero-order valence-corrected chi connectivity index (χ0v) is 11.1. The average molecular weight is 313 g/mol. The van der Waals surface area contributed by atoms with Crippen molar-refractivity contribution in [2.75, 3.05) is 13.7 Å². The molecular formula is C12H12F5NO3. The number of carbonyl (C=O) groups is 1. The highest BCUT2D eigenvalue weighted by atomic mass is 19.2. The van der Waals surface area contributed by atoms with Crippen molar-refractivity contribution >= 4 is 5.97 Å². The summed E-state index contributed by atoms with van der Waals surface area (Å²) in [6, 6.07) is 0. The van der Waals surface area contributed by atoms with Gasteiger partial charge >= 0.3 is 5.97 Å². The molecule has 0 radical (unpaired) electrons. The second-order valence-corrected chi connectivity index (χ2v) is 4.41. The predicted molar refractivity (Wildman–Crippen MR) is 61.0 cm³/mol. The lowest BCUT2D eigenvalue weighted by atomic mass is 10.0. The molecule has 0 spiro atoms. The van der Waals surface area contributed by atoms with Crippen LogP contribution in [0.4, 0.5) is 22.0 Å². The molecule has 0 saturated carbocycles. The third-order valence-corrected chi connectivity index (χ3v) is 2.69. The predicted octanol–water partition coefficient (Wildman–Crippen LogP) is 2.04. The van der Waals surface area contributed by atoms with Gasteiger partial charge in [0.15, 0.2) is 5.75 Å². The zero-order chi connectivity index (χ0) is 16.4. The minimum absolute atomic E-state index is 0.265. The molecular weight excluding hydrogens is 301 g/mol. The van der Waals surface area contributed by atoms with Gasteiger partial charge in [-0.1, -0.05) is 0 Å². The number of rotatable bonds is 5. The maximum atomic E-state index is 13.3. The molecule has 2 N–H and O–H groups in total. The van der Waals surface area contributed by atoms with Gasteiger partial charge < -0.3 is 15.2 Å². The number of benzene rings is 1. The van der Waals surface area contributed by atoms with Gasteiger partial charge in [0.1, 0.15) is 5.54 Å². The Balaban J connectivity index is 2.89. The minimum Gasteiger partial charge on any atom is -0.487 e. The lowest BCUT2D eigenvalue weighted by Gasteiger charge is -2.21. The number of ether oxygens (including phenoxy) is 2. The van der Waals surface area contributed by atoms with Crippen LogP contribution in [0.15, 0.2) is 0 Å². The highest BCUT2D eigenvalue weighted by Gasteiger charge is 2.31. The van der Waals surface area contributed by atoms with Gasteiger partial charge in [-0.2, -0.15) is 8.78 Å². The first-order valence-electron chi connectivity index (χ1n) is 5.65. The molecule has 118 valence electrons. The van der Waals surface area contributed by atoms with Gasteiger partial charge in [-0.05, 0) is 6.92 Å². The Hall–Kier alpha value is -1.90. The number of methoxy groups -OCH3 is 1. The molecule has 9 heteroatoms. The molecule has 1 atom stereocenters. The Kier molecular flexibility index (Phi) is 5.10. The molecule has 1 aromatic rings. The highest BCUT2D eigenvalue weighted by Crippen LogP contribution is 2.29. The number of hydrogen-bond acceptors (Lipinski definition) is 4. The molecule has 0 bridgehead atoms. The number of esters is 1. The topological polar surface area (TPSA) is 61.5 Å². The van der Waals surface area contributed by atoms with Crippen LogP contribution in [0.5, 0.6) is 5.75 Å². The first kappa shape index (κ1) is 17.2. The summed E-state index contributed by atoms with van der Waals surface area (Å²) >= 11 is 0. The van der Waals surface area contributed by atoms with Gasteiger partial charge in [-0.15, -0.1) is 0 Å². The van der Waals surface area contributed by atoms with E-state index in [2.05, 4.69) is 9.47 Å². The molecule has 0 aliphatic carbocycles. The Morgan fingerprint density at radius 2 is 1.48 bits per heavy atom. The summed E-state index contributed by atoms with van der Waals surface area (Å²) in [4.78, 5) is 11.2. The lowest BCUT2D eigenvalue weighted by Crippen LogP contribution is -2.46. The summed E-state index contributed by atoms with van der Waals surface area (Å²) in [5.74, 6) is -12.9. The summed E-state index contributed by atoms with van der Waals surface area (Å²) in [5, 5.41) is 0. The van der Waals surface area contributed by atoms with Gasteiger partial charge in [0.2, 0.25) is 29.1 Å². The molecule has 0 aliphatic rings. The van der Waals surface area contributed by atoms with Crippen LogP contribution in [0.1, 0.15) is 13.3 Å². The lowest BCUT2D eigenvalue weighted by molar-refractivity contribution is -0.146. The number of halogens is 5. The van der Waals surface area contributed by atoms with Crippen molar-refractivity contribution in [3.8, 4) is 5.75 Å². The maximum absolute atomic E-state index is 13.3. The van der Waals surface area contributed by atoms with Gasteiger partial charge in [0, 0.05) is 6.42 Å². The molecule has 0 aliphatic heterocycles. The van der Waals surface area contributed by atoms with Crippen molar-refractivity contribution in [3.05, 3.63) is 29.1 Å². The Bertz CT molecular complexity index is 533. The molecule has 0 amide bonds. The van der Waals surface area contributed by atoms with E-state index in [1.54, 1.807) is 0 Å². The molecule has 1 aromatic carbocycles. The summed E-state index contributed by atoms with van der Waals surface area (Å²) in [6.45, 7) is 0.710. The normalized spacial score (nSPS) is 13.7. The number of hydrogen-bond donors (Lipinski definition) is 1. The zero-order valence-electron chi connectivity index (χ0n) is 11.1. The van der Waals surface area contributed by atoms with E-state index in [0.29, 0.717) is 0 Å². The second kappa shape index (κ2) is 6.25. The summed E-state index contributed by atoms with van der Waals surface area (Å²) < 4.78 is 74.1. The fraction of sp³-hybridized carbons (Fsp3) is 0.417. The first-order valence-corrected chi connectivity index (χ1v) is 5.65. The minimum atomic E-state index is -2.28. The molecule has 0 saturated heterocycles. The summed E-state index contributed by atoms with van der Waals surface area (Å²) in [6.07, 6.45) is -0.265. The smallest absolute Gasteiger partial charge is 0.325 e. The second-order valence-electron chi connectivity index (χ2n) is 4.41. The fourth-order valence-corrected chi connectivity index (χ4v) is 1.41. The van der Waals surface area contributed by atoms with Crippen LogP contribution in [0, 0.1) is 29.1 Å². The SMILES string of the molecule is COC(=O)C(C)(N)CCOc1c(F)c(F)c(F)c(F)c1F. The van der Waals surface area contributed by atoms with Crippen molar-refractivity contribution < 1.29 is 36.2 Å². The van der Waals surface area contributed by atoms with Crippen molar-refractivity contribution in [2.24, 2.45) is 5.73 Å². The van der Waals surface area contributed by atoms with Gasteiger partial charge in [-0.25, -0.2) is 13.2 Å². The van der Waals surface area contributed by atoms with Crippen molar-refractivity contribution in [2.45, 2.75) is 18.9 Å². The van der Waals surface area contributed by atoms with Crippen LogP contribution in [0.25, 0.3) is 0 Å². The molecule has 4 nitrogen and oxygen atoms in total. The van der Waals surface area contributed by atoms with Crippen molar-refractivity contribution in [1.82, 2.24) is 0 Å². The van der Waals surface area contributed by atoms with E-state index in [9.17, 15) is 26.7 Å². The van der Waals surface area contributed by atoms with Crippen molar-refractivity contribution in [3.63, 3.8) is 0 Å². The summed E-state index contributed by atoms with van der Waals surface area (Å²) in [7, 11) is 1.08. The molecule has 0 fully saturated rings. The van der Waals surface area contributed by atoms with E-state index in [1.165, 1.54) is 6.92 Å². The van der Waals surface area contributed by atoms with E-state index in [4.69, 9.17) is 5.73 Å². The van der Waals surface area contributed by atoms with Crippen LogP contribution < -0.4 is 10.5 Å². The fourth-order valence-electron chi connectivity index (χ4n) is 1.41. The van der Waals surface area contributed by atoms with Crippen LogP contribution in [0.3, 0.4) is 0 Å². The molecule has 0 aromatic heterocycles. The van der Waals surface area contributed by atoms with E-state index in [0.717, 1.165) is 7.11 Å². The average Bonchev–Trinajstić information content (AvgIpc) is 2.45. The molecule has 21 heavy (non-hydrogen) atoms. The highest BCUT2D eigenvalue weighted by molar-refractivity contribution is 5.79.